The summed E-state index contributed by atoms with van der Waals surface area (Å²) >= 11 is 0. The number of sulfonamides is 1. The predicted molar refractivity (Wildman–Crippen MR) is 126 cm³/mol. The van der Waals surface area contributed by atoms with Crippen LogP contribution >= 0.6 is 0 Å². The summed E-state index contributed by atoms with van der Waals surface area (Å²) in [6.07, 6.45) is 1.70. The van der Waals surface area contributed by atoms with Crippen LogP contribution in [0.3, 0.4) is 0 Å². The van der Waals surface area contributed by atoms with E-state index in [0.29, 0.717) is 16.6 Å². The molecule has 0 saturated heterocycles. The maximum absolute atomic E-state index is 13.3. The molecule has 1 aliphatic rings. The molecule has 1 aliphatic heterocycles. The van der Waals surface area contributed by atoms with E-state index in [4.69, 9.17) is 4.74 Å². The minimum absolute atomic E-state index is 0.0300. The number of amides is 3. The van der Waals surface area contributed by atoms with Gasteiger partial charge in [0.25, 0.3) is 15.9 Å². The first-order valence-corrected chi connectivity index (χ1v) is 12.5. The van der Waals surface area contributed by atoms with E-state index in [1.807, 2.05) is 6.92 Å². The summed E-state index contributed by atoms with van der Waals surface area (Å²) in [6.45, 7) is 3.41. The van der Waals surface area contributed by atoms with Gasteiger partial charge in [-0.05, 0) is 43.2 Å². The van der Waals surface area contributed by atoms with E-state index in [9.17, 15) is 22.8 Å². The summed E-state index contributed by atoms with van der Waals surface area (Å²) in [5.74, 6) is -1.13. The van der Waals surface area contributed by atoms with Crippen molar-refractivity contribution >= 4 is 27.7 Å². The van der Waals surface area contributed by atoms with Crippen molar-refractivity contribution in [1.82, 2.24) is 14.5 Å². The molecule has 0 bridgehead atoms. The van der Waals surface area contributed by atoms with E-state index in [1.165, 1.54) is 23.1 Å². The maximum atomic E-state index is 13.3. The van der Waals surface area contributed by atoms with Gasteiger partial charge < -0.3 is 15.0 Å². The van der Waals surface area contributed by atoms with E-state index < -0.39 is 34.4 Å². The average Bonchev–Trinajstić information content (AvgIpc) is 3.03. The molecule has 2 aromatic carbocycles. The minimum Gasteiger partial charge on any atom is -0.497 e. The molecule has 0 spiro atoms. The lowest BCUT2D eigenvalue weighted by molar-refractivity contribution is -0.140. The Kier molecular flexibility index (Phi) is 7.93. The van der Waals surface area contributed by atoms with Crippen LogP contribution in [0.5, 0.6) is 5.75 Å². The highest BCUT2D eigenvalue weighted by molar-refractivity contribution is 7.90. The van der Waals surface area contributed by atoms with Crippen LogP contribution in [0.4, 0.5) is 0 Å². The van der Waals surface area contributed by atoms with Crippen molar-refractivity contribution in [3.05, 3.63) is 59.7 Å². The molecule has 1 unspecified atom stereocenters. The SMILES string of the molecule is CCCCNC(=O)C(C)N(Cc1ccc(OC)cc1)C(=O)CN1C(=O)c2ccccc2S1(=O)=O. The van der Waals surface area contributed by atoms with Crippen LogP contribution in [0, 0.1) is 0 Å². The first kappa shape index (κ1) is 25.2. The summed E-state index contributed by atoms with van der Waals surface area (Å²) in [5.41, 5.74) is 0.753. The van der Waals surface area contributed by atoms with Crippen LogP contribution in [-0.4, -0.2) is 61.6 Å². The maximum Gasteiger partial charge on any atom is 0.269 e. The van der Waals surface area contributed by atoms with Crippen molar-refractivity contribution in [2.24, 2.45) is 0 Å². The monoisotopic (exact) mass is 487 g/mol. The Labute approximate surface area is 199 Å². The van der Waals surface area contributed by atoms with Gasteiger partial charge in [-0.15, -0.1) is 0 Å². The lowest BCUT2D eigenvalue weighted by Crippen LogP contribution is -2.51. The molecule has 2 aromatic rings. The van der Waals surface area contributed by atoms with Gasteiger partial charge in [-0.25, -0.2) is 12.7 Å². The number of benzene rings is 2. The Balaban J connectivity index is 1.85. The highest BCUT2D eigenvalue weighted by atomic mass is 32.2. The van der Waals surface area contributed by atoms with Crippen LogP contribution in [0.2, 0.25) is 0 Å². The van der Waals surface area contributed by atoms with Crippen molar-refractivity contribution in [1.29, 1.82) is 0 Å². The molecule has 3 rings (SSSR count). The van der Waals surface area contributed by atoms with Crippen LogP contribution in [0.1, 0.15) is 42.6 Å². The summed E-state index contributed by atoms with van der Waals surface area (Å²) < 4.78 is 31.5. The second kappa shape index (κ2) is 10.7. The molecular weight excluding hydrogens is 458 g/mol. The van der Waals surface area contributed by atoms with E-state index >= 15 is 0 Å². The van der Waals surface area contributed by atoms with E-state index in [1.54, 1.807) is 44.4 Å². The van der Waals surface area contributed by atoms with E-state index in [2.05, 4.69) is 5.32 Å². The normalized spacial score (nSPS) is 14.9. The van der Waals surface area contributed by atoms with Crippen molar-refractivity contribution < 1.29 is 27.5 Å². The molecule has 0 aliphatic carbocycles. The number of methoxy groups -OCH3 is 1. The van der Waals surface area contributed by atoms with Crippen molar-refractivity contribution in [2.45, 2.75) is 44.2 Å². The Morgan fingerprint density at radius 3 is 2.41 bits per heavy atom. The van der Waals surface area contributed by atoms with Crippen LogP contribution < -0.4 is 10.1 Å². The number of hydrogen-bond acceptors (Lipinski definition) is 6. The number of carbonyl (C=O) groups is 3. The molecule has 9 nitrogen and oxygen atoms in total. The van der Waals surface area contributed by atoms with Crippen molar-refractivity contribution in [3.8, 4) is 5.75 Å². The van der Waals surface area contributed by atoms with Gasteiger partial charge >= 0.3 is 0 Å². The van der Waals surface area contributed by atoms with Gasteiger partial charge in [0.05, 0.1) is 12.7 Å². The van der Waals surface area contributed by atoms with Crippen LogP contribution in [0.15, 0.2) is 53.4 Å². The quantitative estimate of drug-likeness (QED) is 0.514. The number of nitrogens with zero attached hydrogens (tertiary/aromatic N) is 2. The topological polar surface area (TPSA) is 113 Å². The largest absolute Gasteiger partial charge is 0.497 e. The van der Waals surface area contributed by atoms with Crippen LogP contribution in [-0.2, 0) is 26.2 Å². The van der Waals surface area contributed by atoms with E-state index in [0.717, 1.165) is 18.4 Å². The lowest BCUT2D eigenvalue weighted by Gasteiger charge is -2.30. The molecule has 0 radical (unpaired) electrons. The fourth-order valence-electron chi connectivity index (χ4n) is 3.65. The van der Waals surface area contributed by atoms with Gasteiger partial charge in [0, 0.05) is 13.1 Å². The molecule has 0 fully saturated rings. The Hall–Kier alpha value is -3.40. The number of hydrogen-bond donors (Lipinski definition) is 1. The zero-order chi connectivity index (χ0) is 24.9. The third-order valence-corrected chi connectivity index (χ3v) is 7.49. The fraction of sp³-hybridized carbons (Fsp3) is 0.375. The van der Waals surface area contributed by atoms with Gasteiger partial charge in [0.15, 0.2) is 0 Å². The zero-order valence-electron chi connectivity index (χ0n) is 19.5. The zero-order valence-corrected chi connectivity index (χ0v) is 20.3. The second-order valence-corrected chi connectivity index (χ2v) is 9.83. The molecule has 34 heavy (non-hydrogen) atoms. The Morgan fingerprint density at radius 2 is 1.79 bits per heavy atom. The van der Waals surface area contributed by atoms with Crippen molar-refractivity contribution in [2.75, 3.05) is 20.2 Å². The summed E-state index contributed by atoms with van der Waals surface area (Å²) in [6, 6.07) is 11.9. The highest BCUT2D eigenvalue weighted by Crippen LogP contribution is 2.30. The molecule has 1 N–H and O–H groups in total. The molecule has 3 amide bonds. The first-order chi connectivity index (χ1) is 16.2. The standard InChI is InChI=1S/C24H29N3O6S/c1-4-5-14-25-23(29)17(2)26(15-18-10-12-19(33-3)13-11-18)22(28)16-27-24(30)20-8-6-7-9-21(20)34(27,31)32/h6-13,17H,4-5,14-16H2,1-3H3,(H,25,29). The number of rotatable bonds is 10. The molecule has 1 heterocycles. The molecule has 10 heteroatoms. The molecule has 182 valence electrons. The molecule has 0 saturated carbocycles. The van der Waals surface area contributed by atoms with Gasteiger partial charge in [-0.1, -0.05) is 37.6 Å². The predicted octanol–water partition coefficient (Wildman–Crippen LogP) is 2.17. The molecule has 0 aromatic heterocycles. The highest BCUT2D eigenvalue weighted by Gasteiger charge is 2.43. The summed E-state index contributed by atoms with van der Waals surface area (Å²) in [4.78, 5) is 40.0. The van der Waals surface area contributed by atoms with Gasteiger partial charge in [0.2, 0.25) is 11.8 Å². The third kappa shape index (κ3) is 5.22. The molecule has 1 atom stereocenters. The number of carbonyl (C=O) groups excluding carboxylic acids is 3. The van der Waals surface area contributed by atoms with Crippen LogP contribution in [0.25, 0.3) is 0 Å². The van der Waals surface area contributed by atoms with E-state index in [-0.39, 0.29) is 22.9 Å². The second-order valence-electron chi connectivity index (χ2n) is 8.00. The number of ether oxygens (including phenoxy) is 1. The van der Waals surface area contributed by atoms with Crippen molar-refractivity contribution in [3.63, 3.8) is 0 Å². The lowest BCUT2D eigenvalue weighted by atomic mass is 10.1. The number of fused-ring (bicyclic) bond motifs is 1. The van der Waals surface area contributed by atoms with Gasteiger partial charge in [-0.2, -0.15) is 0 Å². The smallest absolute Gasteiger partial charge is 0.269 e. The number of nitrogens with one attached hydrogen (secondary N) is 1. The average molecular weight is 488 g/mol. The summed E-state index contributed by atoms with van der Waals surface area (Å²) in [7, 11) is -2.61. The Morgan fingerprint density at radius 1 is 1.12 bits per heavy atom. The fourth-order valence-corrected chi connectivity index (χ4v) is 5.17. The summed E-state index contributed by atoms with van der Waals surface area (Å²) in [5, 5.41) is 2.80. The minimum atomic E-state index is -4.15. The molecular formula is C24H29N3O6S. The first-order valence-electron chi connectivity index (χ1n) is 11.1. The van der Waals surface area contributed by atoms with Gasteiger partial charge in [-0.3, -0.25) is 14.4 Å². The third-order valence-electron chi connectivity index (χ3n) is 5.70. The Bertz CT molecular complexity index is 1160. The number of unbranched alkanes of at least 4 members (excludes halogenated alkanes) is 1. The van der Waals surface area contributed by atoms with Gasteiger partial charge in [0.1, 0.15) is 23.2 Å².